The summed E-state index contributed by atoms with van der Waals surface area (Å²) in [5.41, 5.74) is 4.03. The molecule has 4 aromatic rings. The van der Waals surface area contributed by atoms with E-state index in [1.807, 2.05) is 26.2 Å². The summed E-state index contributed by atoms with van der Waals surface area (Å²) in [6, 6.07) is 12.5. The molecule has 0 aliphatic carbocycles. The molecule has 1 saturated heterocycles. The van der Waals surface area contributed by atoms with Gasteiger partial charge < -0.3 is 15.1 Å². The lowest BCUT2D eigenvalue weighted by Gasteiger charge is -2.16. The molecule has 8 nitrogen and oxygen atoms in total. The van der Waals surface area contributed by atoms with Gasteiger partial charge in [-0.05, 0) is 50.7 Å². The summed E-state index contributed by atoms with van der Waals surface area (Å²) < 4.78 is 16.2. The van der Waals surface area contributed by atoms with Crippen LogP contribution in [0.15, 0.2) is 54.9 Å². The van der Waals surface area contributed by atoms with Crippen LogP contribution in [0.3, 0.4) is 0 Å². The van der Waals surface area contributed by atoms with E-state index < -0.39 is 5.82 Å². The zero-order valence-corrected chi connectivity index (χ0v) is 19.2. The lowest BCUT2D eigenvalue weighted by atomic mass is 10.1. The van der Waals surface area contributed by atoms with Crippen molar-refractivity contribution >= 4 is 17.5 Å². The molecule has 174 valence electrons. The SMILES string of the molecule is CN(C)Cc1ccc(-c2cnc3nc(-c4cc(NC(=O)N5CCCC5)ccc4F)cn3n2)cc1. The minimum Gasteiger partial charge on any atom is -0.325 e. The smallest absolute Gasteiger partial charge is 0.321 e. The molecule has 3 heterocycles. The van der Waals surface area contributed by atoms with Gasteiger partial charge in [-0.15, -0.1) is 0 Å². The van der Waals surface area contributed by atoms with Gasteiger partial charge in [0.15, 0.2) is 0 Å². The number of aromatic nitrogens is 4. The summed E-state index contributed by atoms with van der Waals surface area (Å²) in [4.78, 5) is 25.1. The van der Waals surface area contributed by atoms with Gasteiger partial charge in [-0.1, -0.05) is 24.3 Å². The molecule has 2 aromatic heterocycles. The molecule has 0 unspecified atom stereocenters. The number of benzene rings is 2. The number of fused-ring (bicyclic) bond motifs is 1. The van der Waals surface area contributed by atoms with Crippen LogP contribution in [0.4, 0.5) is 14.9 Å². The van der Waals surface area contributed by atoms with Crippen molar-refractivity contribution < 1.29 is 9.18 Å². The summed E-state index contributed by atoms with van der Waals surface area (Å²) in [5.74, 6) is -0.0619. The third kappa shape index (κ3) is 4.60. The molecule has 0 bridgehead atoms. The summed E-state index contributed by atoms with van der Waals surface area (Å²) >= 11 is 0. The van der Waals surface area contributed by atoms with Gasteiger partial charge in [0.25, 0.3) is 5.78 Å². The van der Waals surface area contributed by atoms with E-state index in [1.54, 1.807) is 33.9 Å². The predicted octanol–water partition coefficient (Wildman–Crippen LogP) is 4.29. The zero-order valence-electron chi connectivity index (χ0n) is 19.2. The van der Waals surface area contributed by atoms with Crippen LogP contribution in [0.2, 0.25) is 0 Å². The maximum Gasteiger partial charge on any atom is 0.321 e. The van der Waals surface area contributed by atoms with E-state index in [9.17, 15) is 9.18 Å². The molecule has 1 aliphatic rings. The fraction of sp³-hybridized carbons (Fsp3) is 0.280. The number of anilines is 1. The average Bonchev–Trinajstić information content (AvgIpc) is 3.50. The summed E-state index contributed by atoms with van der Waals surface area (Å²) in [5, 5.41) is 7.47. The molecule has 9 heteroatoms. The highest BCUT2D eigenvalue weighted by molar-refractivity contribution is 5.90. The molecule has 5 rings (SSSR count). The van der Waals surface area contributed by atoms with Crippen molar-refractivity contribution in [3.63, 3.8) is 0 Å². The van der Waals surface area contributed by atoms with E-state index in [0.717, 1.165) is 38.0 Å². The standard InChI is InChI=1S/C25H26FN7O/c1-31(2)15-17-5-7-18(8-6-17)22-14-27-24-29-23(16-33(24)30-22)20-13-19(9-10-21(20)26)28-25(34)32-11-3-4-12-32/h5-10,13-14,16H,3-4,11-12,15H2,1-2H3,(H,28,34). The van der Waals surface area contributed by atoms with E-state index in [0.29, 0.717) is 22.9 Å². The van der Waals surface area contributed by atoms with Crippen LogP contribution in [-0.2, 0) is 6.54 Å². The van der Waals surface area contributed by atoms with Gasteiger partial charge in [0.1, 0.15) is 11.5 Å². The van der Waals surface area contributed by atoms with E-state index in [1.165, 1.54) is 11.6 Å². The molecule has 1 fully saturated rings. The van der Waals surface area contributed by atoms with Crippen LogP contribution in [-0.4, -0.2) is 62.6 Å². The highest BCUT2D eigenvalue weighted by atomic mass is 19.1. The van der Waals surface area contributed by atoms with Gasteiger partial charge in [0.2, 0.25) is 0 Å². The second-order valence-corrected chi connectivity index (χ2v) is 8.77. The third-order valence-electron chi connectivity index (χ3n) is 5.82. The van der Waals surface area contributed by atoms with Crippen LogP contribution in [0, 0.1) is 5.82 Å². The average molecular weight is 460 g/mol. The summed E-state index contributed by atoms with van der Waals surface area (Å²) in [6.45, 7) is 2.34. The number of carbonyl (C=O) groups is 1. The number of urea groups is 1. The van der Waals surface area contributed by atoms with Gasteiger partial charge in [0.05, 0.1) is 18.1 Å². The second kappa shape index (κ2) is 9.18. The highest BCUT2D eigenvalue weighted by Gasteiger charge is 2.19. The number of carbonyl (C=O) groups excluding carboxylic acids is 1. The molecule has 0 saturated carbocycles. The van der Waals surface area contributed by atoms with Crippen molar-refractivity contribution in [1.29, 1.82) is 0 Å². The number of rotatable bonds is 5. The Bertz CT molecular complexity index is 1330. The molecule has 2 aromatic carbocycles. The van der Waals surface area contributed by atoms with Crippen molar-refractivity contribution in [3.8, 4) is 22.5 Å². The van der Waals surface area contributed by atoms with Crippen molar-refractivity contribution in [2.75, 3.05) is 32.5 Å². The monoisotopic (exact) mass is 459 g/mol. The minimum atomic E-state index is -0.431. The topological polar surface area (TPSA) is 78.7 Å². The fourth-order valence-electron chi connectivity index (χ4n) is 4.11. The van der Waals surface area contributed by atoms with Crippen LogP contribution in [0.5, 0.6) is 0 Å². The lowest BCUT2D eigenvalue weighted by molar-refractivity contribution is 0.222. The second-order valence-electron chi connectivity index (χ2n) is 8.77. The van der Waals surface area contributed by atoms with Crippen molar-refractivity contribution in [2.45, 2.75) is 19.4 Å². The molecular formula is C25H26FN7O. The van der Waals surface area contributed by atoms with Crippen LogP contribution < -0.4 is 5.32 Å². The van der Waals surface area contributed by atoms with Crippen molar-refractivity contribution in [1.82, 2.24) is 29.4 Å². The zero-order chi connectivity index (χ0) is 23.7. The number of amides is 2. The number of hydrogen-bond acceptors (Lipinski definition) is 5. The largest absolute Gasteiger partial charge is 0.325 e. The molecule has 2 amide bonds. The molecule has 0 atom stereocenters. The molecule has 34 heavy (non-hydrogen) atoms. The van der Waals surface area contributed by atoms with E-state index in [4.69, 9.17) is 0 Å². The van der Waals surface area contributed by atoms with Gasteiger partial charge in [0, 0.05) is 36.4 Å². The quantitative estimate of drug-likeness (QED) is 0.482. The van der Waals surface area contributed by atoms with Gasteiger partial charge in [-0.3, -0.25) is 0 Å². The Hall–Kier alpha value is -3.85. The van der Waals surface area contributed by atoms with Gasteiger partial charge >= 0.3 is 6.03 Å². The molecule has 1 N–H and O–H groups in total. The number of imidazole rings is 1. The molecule has 0 radical (unpaired) electrons. The Labute approximate surface area is 197 Å². The molecule has 1 aliphatic heterocycles. The number of halogens is 1. The first kappa shape index (κ1) is 22.0. The van der Waals surface area contributed by atoms with E-state index in [2.05, 4.69) is 37.4 Å². The van der Waals surface area contributed by atoms with Crippen LogP contribution in [0.1, 0.15) is 18.4 Å². The summed E-state index contributed by atoms with van der Waals surface area (Å²) in [6.07, 6.45) is 5.32. The first-order valence-corrected chi connectivity index (χ1v) is 11.3. The normalized spacial score (nSPS) is 13.7. The van der Waals surface area contributed by atoms with Gasteiger partial charge in [-0.2, -0.15) is 5.10 Å². The molecular weight excluding hydrogens is 433 g/mol. The number of nitrogens with one attached hydrogen (secondary N) is 1. The Morgan fingerprint density at radius 2 is 1.85 bits per heavy atom. The number of hydrogen-bond donors (Lipinski definition) is 1. The van der Waals surface area contributed by atoms with Crippen molar-refractivity contribution in [3.05, 3.63) is 66.2 Å². The predicted molar refractivity (Wildman–Crippen MR) is 129 cm³/mol. The van der Waals surface area contributed by atoms with Gasteiger partial charge in [-0.25, -0.2) is 23.7 Å². The number of nitrogens with zero attached hydrogens (tertiary/aromatic N) is 6. The fourth-order valence-corrected chi connectivity index (χ4v) is 4.11. The van der Waals surface area contributed by atoms with E-state index >= 15 is 0 Å². The Morgan fingerprint density at radius 1 is 1.09 bits per heavy atom. The van der Waals surface area contributed by atoms with Crippen LogP contribution in [0.25, 0.3) is 28.3 Å². The Balaban J connectivity index is 1.40. The Morgan fingerprint density at radius 3 is 2.59 bits per heavy atom. The first-order valence-electron chi connectivity index (χ1n) is 11.3. The van der Waals surface area contributed by atoms with E-state index in [-0.39, 0.29) is 11.6 Å². The number of likely N-dealkylation sites (tertiary alicyclic amines) is 1. The maximum atomic E-state index is 14.7. The highest BCUT2D eigenvalue weighted by Crippen LogP contribution is 2.26. The molecule has 0 spiro atoms. The maximum absolute atomic E-state index is 14.7. The Kier molecular flexibility index (Phi) is 5.93. The van der Waals surface area contributed by atoms with Crippen LogP contribution >= 0.6 is 0 Å². The lowest BCUT2D eigenvalue weighted by Crippen LogP contribution is -2.32. The van der Waals surface area contributed by atoms with Crippen molar-refractivity contribution in [2.24, 2.45) is 0 Å². The third-order valence-corrected chi connectivity index (χ3v) is 5.82. The first-order chi connectivity index (χ1) is 16.5. The summed E-state index contributed by atoms with van der Waals surface area (Å²) in [7, 11) is 4.06. The minimum absolute atomic E-state index is 0.172.